The number of carbonyl (C=O) groups is 1. The smallest absolute Gasteiger partial charge is 0.196 e. The Bertz CT molecular complexity index is 501. The van der Waals surface area contributed by atoms with Crippen molar-refractivity contribution in [2.45, 2.75) is 58.2 Å². The van der Waals surface area contributed by atoms with Crippen molar-refractivity contribution in [2.75, 3.05) is 7.11 Å². The molecular weight excluding hydrogens is 266 g/mol. The fourth-order valence-electron chi connectivity index (χ4n) is 3.13. The van der Waals surface area contributed by atoms with Gasteiger partial charge in [-0.25, -0.2) is 0 Å². The van der Waals surface area contributed by atoms with Crippen molar-refractivity contribution in [1.82, 2.24) is 4.98 Å². The molecular formula is C17H25NO3. The molecule has 21 heavy (non-hydrogen) atoms. The maximum atomic E-state index is 12.9. The molecule has 0 amide bonds. The number of rotatable bonds is 5. The van der Waals surface area contributed by atoms with Gasteiger partial charge in [0.2, 0.25) is 0 Å². The van der Waals surface area contributed by atoms with E-state index >= 15 is 0 Å². The Labute approximate surface area is 126 Å². The lowest BCUT2D eigenvalue weighted by atomic mass is 9.75. The Morgan fingerprint density at radius 2 is 2.19 bits per heavy atom. The van der Waals surface area contributed by atoms with E-state index in [2.05, 4.69) is 11.9 Å². The minimum Gasteiger partial charge on any atom is -0.489 e. The largest absolute Gasteiger partial charge is 0.489 e. The molecule has 0 aliphatic heterocycles. The summed E-state index contributed by atoms with van der Waals surface area (Å²) in [6, 6.07) is 1.77. The monoisotopic (exact) mass is 291 g/mol. The van der Waals surface area contributed by atoms with E-state index in [9.17, 15) is 4.79 Å². The zero-order valence-corrected chi connectivity index (χ0v) is 13.4. The van der Waals surface area contributed by atoms with Crippen LogP contribution in [0.5, 0.6) is 5.75 Å². The topological polar surface area (TPSA) is 48.4 Å². The number of carbonyl (C=O) groups excluding carboxylic acids is 1. The molecule has 0 radical (unpaired) electrons. The van der Waals surface area contributed by atoms with Crippen LogP contribution >= 0.6 is 0 Å². The first-order chi connectivity index (χ1) is 9.97. The Kier molecular flexibility index (Phi) is 4.99. The molecule has 2 rings (SSSR count). The zero-order chi connectivity index (χ0) is 15.5. The van der Waals surface area contributed by atoms with Crippen LogP contribution in [0, 0.1) is 5.92 Å². The number of ketones is 1. The molecule has 0 saturated heterocycles. The first-order valence-electron chi connectivity index (χ1n) is 7.68. The number of hydrogen-bond acceptors (Lipinski definition) is 4. The van der Waals surface area contributed by atoms with Crippen LogP contribution < -0.4 is 4.74 Å². The molecule has 1 aliphatic rings. The van der Waals surface area contributed by atoms with E-state index in [4.69, 9.17) is 9.47 Å². The first-order valence-corrected chi connectivity index (χ1v) is 7.68. The molecule has 1 heterocycles. The van der Waals surface area contributed by atoms with Gasteiger partial charge in [-0.3, -0.25) is 9.78 Å². The van der Waals surface area contributed by atoms with Gasteiger partial charge in [-0.1, -0.05) is 13.3 Å². The molecule has 0 N–H and O–H groups in total. The number of aromatic nitrogens is 1. The van der Waals surface area contributed by atoms with Crippen LogP contribution in [0.15, 0.2) is 18.5 Å². The average molecular weight is 291 g/mol. The van der Waals surface area contributed by atoms with Gasteiger partial charge in [-0.05, 0) is 45.1 Å². The van der Waals surface area contributed by atoms with E-state index in [0.717, 1.165) is 25.7 Å². The summed E-state index contributed by atoms with van der Waals surface area (Å²) in [5, 5.41) is 0. The third-order valence-electron chi connectivity index (χ3n) is 4.11. The molecule has 1 saturated carbocycles. The summed E-state index contributed by atoms with van der Waals surface area (Å²) in [7, 11) is 1.64. The van der Waals surface area contributed by atoms with Gasteiger partial charge in [0.15, 0.2) is 5.78 Å². The van der Waals surface area contributed by atoms with Crippen LogP contribution in [0.1, 0.15) is 56.8 Å². The Hall–Kier alpha value is -1.42. The SMILES string of the molecule is COC1(C(=O)c2cncc(OC(C)C)c2)CCCC(C)C1. The predicted molar refractivity (Wildman–Crippen MR) is 81.7 cm³/mol. The van der Waals surface area contributed by atoms with Gasteiger partial charge in [-0.2, -0.15) is 0 Å². The van der Waals surface area contributed by atoms with Gasteiger partial charge >= 0.3 is 0 Å². The van der Waals surface area contributed by atoms with E-state index in [1.807, 2.05) is 13.8 Å². The Balaban J connectivity index is 2.25. The van der Waals surface area contributed by atoms with Crippen molar-refractivity contribution in [2.24, 2.45) is 5.92 Å². The van der Waals surface area contributed by atoms with Crippen LogP contribution in [0.25, 0.3) is 0 Å². The summed E-state index contributed by atoms with van der Waals surface area (Å²) >= 11 is 0. The molecule has 4 nitrogen and oxygen atoms in total. The van der Waals surface area contributed by atoms with Crippen molar-refractivity contribution in [3.05, 3.63) is 24.0 Å². The normalized spacial score (nSPS) is 25.9. The van der Waals surface area contributed by atoms with Gasteiger partial charge in [0.05, 0.1) is 12.3 Å². The van der Waals surface area contributed by atoms with Crippen molar-refractivity contribution < 1.29 is 14.3 Å². The highest BCUT2D eigenvalue weighted by molar-refractivity contribution is 6.02. The number of nitrogens with zero attached hydrogens (tertiary/aromatic N) is 1. The minimum atomic E-state index is -0.699. The van der Waals surface area contributed by atoms with Gasteiger partial charge in [0.25, 0.3) is 0 Å². The fraction of sp³-hybridized carbons (Fsp3) is 0.647. The summed E-state index contributed by atoms with van der Waals surface area (Å²) < 4.78 is 11.3. The van der Waals surface area contributed by atoms with E-state index in [1.54, 1.807) is 25.6 Å². The second-order valence-electron chi connectivity index (χ2n) is 6.30. The maximum absolute atomic E-state index is 12.9. The van der Waals surface area contributed by atoms with Gasteiger partial charge in [-0.15, -0.1) is 0 Å². The number of pyridine rings is 1. The lowest BCUT2D eigenvalue weighted by molar-refractivity contribution is -0.0303. The van der Waals surface area contributed by atoms with Crippen LogP contribution in [-0.4, -0.2) is 29.6 Å². The lowest BCUT2D eigenvalue weighted by Crippen LogP contribution is -2.44. The second-order valence-corrected chi connectivity index (χ2v) is 6.30. The molecule has 0 aromatic carbocycles. The zero-order valence-electron chi connectivity index (χ0n) is 13.4. The molecule has 1 aromatic rings. The molecule has 0 spiro atoms. The summed E-state index contributed by atoms with van der Waals surface area (Å²) in [5.41, 5.74) is -0.125. The Morgan fingerprint density at radius 3 is 2.81 bits per heavy atom. The fourth-order valence-corrected chi connectivity index (χ4v) is 3.13. The maximum Gasteiger partial charge on any atom is 0.196 e. The minimum absolute atomic E-state index is 0.0262. The molecule has 116 valence electrons. The third-order valence-corrected chi connectivity index (χ3v) is 4.11. The van der Waals surface area contributed by atoms with E-state index in [0.29, 0.717) is 17.2 Å². The van der Waals surface area contributed by atoms with Crippen LogP contribution in [0.3, 0.4) is 0 Å². The molecule has 1 aromatic heterocycles. The van der Waals surface area contributed by atoms with E-state index in [-0.39, 0.29) is 11.9 Å². The second kappa shape index (κ2) is 6.56. The Morgan fingerprint density at radius 1 is 1.43 bits per heavy atom. The van der Waals surface area contributed by atoms with E-state index in [1.165, 1.54) is 0 Å². The van der Waals surface area contributed by atoms with E-state index < -0.39 is 5.60 Å². The van der Waals surface area contributed by atoms with Gasteiger partial charge in [0.1, 0.15) is 11.4 Å². The summed E-state index contributed by atoms with van der Waals surface area (Å²) in [4.78, 5) is 17.1. The number of ether oxygens (including phenoxy) is 2. The van der Waals surface area contributed by atoms with Crippen LogP contribution in [-0.2, 0) is 4.74 Å². The molecule has 1 fully saturated rings. The quantitative estimate of drug-likeness (QED) is 0.777. The van der Waals surface area contributed by atoms with Gasteiger partial charge in [0, 0.05) is 18.9 Å². The van der Waals surface area contributed by atoms with Crippen molar-refractivity contribution in [3.63, 3.8) is 0 Å². The first kappa shape index (κ1) is 16.0. The van der Waals surface area contributed by atoms with Crippen LogP contribution in [0.2, 0.25) is 0 Å². The number of hydrogen-bond donors (Lipinski definition) is 0. The van der Waals surface area contributed by atoms with Crippen LogP contribution in [0.4, 0.5) is 0 Å². The number of methoxy groups -OCH3 is 1. The third kappa shape index (κ3) is 3.62. The summed E-state index contributed by atoms with van der Waals surface area (Å²) in [6.45, 7) is 6.08. The summed E-state index contributed by atoms with van der Waals surface area (Å²) in [5.74, 6) is 1.16. The molecule has 2 atom stereocenters. The average Bonchev–Trinajstić information content (AvgIpc) is 2.46. The highest BCUT2D eigenvalue weighted by Gasteiger charge is 2.42. The van der Waals surface area contributed by atoms with Crippen molar-refractivity contribution in [3.8, 4) is 5.75 Å². The lowest BCUT2D eigenvalue weighted by Gasteiger charge is -2.37. The summed E-state index contributed by atoms with van der Waals surface area (Å²) in [6.07, 6.45) is 7.04. The highest BCUT2D eigenvalue weighted by Crippen LogP contribution is 2.37. The molecule has 0 bridgehead atoms. The number of Topliss-reactive ketones (excluding diaryl/α,β-unsaturated/α-hetero) is 1. The van der Waals surface area contributed by atoms with Crippen molar-refractivity contribution in [1.29, 1.82) is 0 Å². The van der Waals surface area contributed by atoms with Crippen molar-refractivity contribution >= 4 is 5.78 Å². The standard InChI is InChI=1S/C17H25NO3/c1-12(2)21-15-8-14(10-18-11-15)16(19)17(20-4)7-5-6-13(3)9-17/h8,10-13H,5-7,9H2,1-4H3. The molecule has 1 aliphatic carbocycles. The van der Waals surface area contributed by atoms with Gasteiger partial charge < -0.3 is 9.47 Å². The molecule has 2 unspecified atom stereocenters. The highest BCUT2D eigenvalue weighted by atomic mass is 16.5. The molecule has 4 heteroatoms. The predicted octanol–water partition coefficient (Wildman–Crippen LogP) is 3.65.